The Kier molecular flexibility index (Phi) is 4.03. The maximum absolute atomic E-state index is 12.3. The van der Waals surface area contributed by atoms with Gasteiger partial charge in [-0.3, -0.25) is 9.82 Å². The van der Waals surface area contributed by atoms with E-state index in [1.165, 1.54) is 6.07 Å². The number of sulfonamides is 1. The van der Waals surface area contributed by atoms with E-state index in [1.807, 2.05) is 6.92 Å². The van der Waals surface area contributed by atoms with Crippen molar-refractivity contribution in [2.24, 2.45) is 0 Å². The third kappa shape index (κ3) is 3.01. The second kappa shape index (κ2) is 5.26. The molecule has 0 bridgehead atoms. The largest absolute Gasteiger partial charge is 0.280 e. The van der Waals surface area contributed by atoms with Gasteiger partial charge in [-0.15, -0.1) is 0 Å². The van der Waals surface area contributed by atoms with Crippen LogP contribution in [0.15, 0.2) is 32.0 Å². The first-order valence-corrected chi connectivity index (χ1v) is 8.37. The van der Waals surface area contributed by atoms with E-state index in [-0.39, 0.29) is 4.90 Å². The van der Waals surface area contributed by atoms with Crippen LogP contribution in [0.3, 0.4) is 0 Å². The van der Waals surface area contributed by atoms with Gasteiger partial charge in [0.05, 0.1) is 0 Å². The molecule has 0 fully saturated rings. The van der Waals surface area contributed by atoms with Gasteiger partial charge in [0.1, 0.15) is 4.90 Å². The van der Waals surface area contributed by atoms with Crippen LogP contribution in [-0.2, 0) is 10.0 Å². The van der Waals surface area contributed by atoms with E-state index >= 15 is 0 Å². The minimum Gasteiger partial charge on any atom is -0.280 e. The summed E-state index contributed by atoms with van der Waals surface area (Å²) in [5, 5.41) is 6.67. The monoisotopic (exact) mass is 407 g/mol. The number of aromatic amines is 1. The Bertz CT molecular complexity index is 726. The molecule has 5 nitrogen and oxygen atoms in total. The van der Waals surface area contributed by atoms with Crippen molar-refractivity contribution in [3.8, 4) is 0 Å². The molecule has 19 heavy (non-hydrogen) atoms. The molecule has 0 spiro atoms. The fraction of sp³-hybridized carbons (Fsp3) is 0.182. The summed E-state index contributed by atoms with van der Waals surface area (Å²) < 4.78 is 28.3. The lowest BCUT2D eigenvalue weighted by atomic mass is 10.3. The second-order valence-electron chi connectivity index (χ2n) is 4.00. The molecule has 0 atom stereocenters. The minimum absolute atomic E-state index is 0.155. The van der Waals surface area contributed by atoms with E-state index in [4.69, 9.17) is 0 Å². The number of nitrogens with one attached hydrogen (secondary N) is 2. The average molecular weight is 409 g/mol. The number of anilines is 1. The molecular weight excluding hydrogens is 398 g/mol. The Morgan fingerprint density at radius 3 is 2.53 bits per heavy atom. The van der Waals surface area contributed by atoms with Crippen LogP contribution in [0.25, 0.3) is 0 Å². The molecule has 0 aliphatic carbocycles. The molecule has 0 unspecified atom stereocenters. The van der Waals surface area contributed by atoms with Gasteiger partial charge in [-0.25, -0.2) is 8.42 Å². The standard InChI is InChI=1S/C11H11Br2N3O2S/c1-6-7(2)14-15-11(6)16-19(17,18)10-5-8(12)3-4-9(10)13/h3-5H,1-2H3,(H2,14,15,16). The third-order valence-electron chi connectivity index (χ3n) is 2.67. The van der Waals surface area contributed by atoms with Crippen LogP contribution in [0.5, 0.6) is 0 Å². The second-order valence-corrected chi connectivity index (χ2v) is 7.42. The molecule has 102 valence electrons. The Morgan fingerprint density at radius 2 is 1.95 bits per heavy atom. The van der Waals surface area contributed by atoms with Gasteiger partial charge in [0.15, 0.2) is 5.82 Å². The van der Waals surface area contributed by atoms with Gasteiger partial charge >= 0.3 is 0 Å². The van der Waals surface area contributed by atoms with E-state index in [9.17, 15) is 8.42 Å². The number of rotatable bonds is 3. The van der Waals surface area contributed by atoms with Crippen molar-refractivity contribution in [2.45, 2.75) is 18.7 Å². The zero-order valence-corrected chi connectivity index (χ0v) is 14.1. The van der Waals surface area contributed by atoms with Crippen molar-refractivity contribution in [1.82, 2.24) is 10.2 Å². The first-order valence-electron chi connectivity index (χ1n) is 5.30. The fourth-order valence-electron chi connectivity index (χ4n) is 1.45. The van der Waals surface area contributed by atoms with Gasteiger partial charge in [-0.2, -0.15) is 5.10 Å². The smallest absolute Gasteiger partial charge is 0.264 e. The number of benzene rings is 1. The van der Waals surface area contributed by atoms with Crippen LogP contribution >= 0.6 is 31.9 Å². The molecule has 0 saturated heterocycles. The molecule has 2 rings (SSSR count). The van der Waals surface area contributed by atoms with Gasteiger partial charge in [-0.1, -0.05) is 15.9 Å². The quantitative estimate of drug-likeness (QED) is 0.817. The molecular formula is C11H11Br2N3O2S. The van der Waals surface area contributed by atoms with E-state index in [0.717, 1.165) is 11.3 Å². The highest BCUT2D eigenvalue weighted by Crippen LogP contribution is 2.27. The zero-order chi connectivity index (χ0) is 14.2. The first-order chi connectivity index (χ1) is 8.81. The molecule has 0 aliphatic rings. The summed E-state index contributed by atoms with van der Waals surface area (Å²) in [6.07, 6.45) is 0. The first kappa shape index (κ1) is 14.5. The van der Waals surface area contributed by atoms with Crippen molar-refractivity contribution in [2.75, 3.05) is 4.72 Å². The molecule has 0 aliphatic heterocycles. The van der Waals surface area contributed by atoms with Crippen LogP contribution in [0.1, 0.15) is 11.3 Å². The van der Waals surface area contributed by atoms with Crippen molar-refractivity contribution in [3.05, 3.63) is 38.4 Å². The number of halogens is 2. The molecule has 2 N–H and O–H groups in total. The zero-order valence-electron chi connectivity index (χ0n) is 10.2. The van der Waals surface area contributed by atoms with Crippen LogP contribution in [-0.4, -0.2) is 18.6 Å². The third-order valence-corrected chi connectivity index (χ3v) is 5.49. The molecule has 8 heteroatoms. The van der Waals surface area contributed by atoms with Crippen LogP contribution in [0.4, 0.5) is 5.82 Å². The number of H-pyrrole nitrogens is 1. The minimum atomic E-state index is -3.69. The van der Waals surface area contributed by atoms with Crippen LogP contribution < -0.4 is 4.72 Å². The lowest BCUT2D eigenvalue weighted by Gasteiger charge is -2.08. The van der Waals surface area contributed by atoms with E-state index in [0.29, 0.717) is 14.8 Å². The number of aryl methyl sites for hydroxylation is 1. The number of aromatic nitrogens is 2. The number of hydrogen-bond acceptors (Lipinski definition) is 3. The Morgan fingerprint density at radius 1 is 1.26 bits per heavy atom. The van der Waals surface area contributed by atoms with Crippen molar-refractivity contribution < 1.29 is 8.42 Å². The van der Waals surface area contributed by atoms with Crippen molar-refractivity contribution >= 4 is 47.7 Å². The highest BCUT2D eigenvalue weighted by atomic mass is 79.9. The lowest BCUT2D eigenvalue weighted by Crippen LogP contribution is -2.14. The fourth-order valence-corrected chi connectivity index (χ4v) is 4.02. The van der Waals surface area contributed by atoms with Gasteiger partial charge in [0, 0.05) is 20.2 Å². The van der Waals surface area contributed by atoms with Crippen molar-refractivity contribution in [3.63, 3.8) is 0 Å². The molecule has 0 radical (unpaired) electrons. The highest BCUT2D eigenvalue weighted by molar-refractivity contribution is 9.11. The Balaban J connectivity index is 2.43. The predicted octanol–water partition coefficient (Wildman–Crippen LogP) is 3.35. The van der Waals surface area contributed by atoms with Gasteiger partial charge < -0.3 is 0 Å². The highest BCUT2D eigenvalue weighted by Gasteiger charge is 2.20. The van der Waals surface area contributed by atoms with Crippen LogP contribution in [0.2, 0.25) is 0 Å². The van der Waals surface area contributed by atoms with Gasteiger partial charge in [-0.05, 0) is 48.0 Å². The molecule has 0 amide bonds. The molecule has 2 aromatic rings. The molecule has 1 heterocycles. The summed E-state index contributed by atoms with van der Waals surface area (Å²) in [6, 6.07) is 4.95. The Hall–Kier alpha value is -0.860. The Labute approximate surface area is 128 Å². The van der Waals surface area contributed by atoms with Crippen molar-refractivity contribution in [1.29, 1.82) is 0 Å². The van der Waals surface area contributed by atoms with E-state index in [1.54, 1.807) is 19.1 Å². The number of hydrogen-bond donors (Lipinski definition) is 2. The SMILES string of the molecule is Cc1[nH]nc(NS(=O)(=O)c2cc(Br)ccc2Br)c1C. The van der Waals surface area contributed by atoms with Gasteiger partial charge in [0.25, 0.3) is 10.0 Å². The summed E-state index contributed by atoms with van der Waals surface area (Å²) in [6.45, 7) is 3.63. The predicted molar refractivity (Wildman–Crippen MR) is 80.7 cm³/mol. The van der Waals surface area contributed by atoms with Crippen LogP contribution in [0, 0.1) is 13.8 Å². The summed E-state index contributed by atoms with van der Waals surface area (Å²) in [5.74, 6) is 0.310. The molecule has 1 aromatic heterocycles. The average Bonchev–Trinajstić information content (AvgIpc) is 2.63. The summed E-state index contributed by atoms with van der Waals surface area (Å²) in [5.41, 5.74) is 1.60. The molecule has 0 saturated carbocycles. The summed E-state index contributed by atoms with van der Waals surface area (Å²) in [4.78, 5) is 0.155. The topological polar surface area (TPSA) is 74.8 Å². The number of nitrogens with zero attached hydrogens (tertiary/aromatic N) is 1. The molecule has 1 aromatic carbocycles. The van der Waals surface area contributed by atoms with E-state index in [2.05, 4.69) is 46.8 Å². The normalized spacial score (nSPS) is 11.6. The summed E-state index contributed by atoms with van der Waals surface area (Å²) >= 11 is 6.49. The maximum atomic E-state index is 12.3. The van der Waals surface area contributed by atoms with E-state index < -0.39 is 10.0 Å². The summed E-state index contributed by atoms with van der Waals surface area (Å²) in [7, 11) is -3.69. The van der Waals surface area contributed by atoms with Gasteiger partial charge in [0.2, 0.25) is 0 Å². The maximum Gasteiger partial charge on any atom is 0.264 e. The lowest BCUT2D eigenvalue weighted by molar-refractivity contribution is 0.600.